The van der Waals surface area contributed by atoms with E-state index < -0.39 is 0 Å². The van der Waals surface area contributed by atoms with Crippen molar-refractivity contribution in [1.82, 2.24) is 24.9 Å². The van der Waals surface area contributed by atoms with E-state index >= 15 is 0 Å². The molecule has 10 nitrogen and oxygen atoms in total. The second-order valence-corrected chi connectivity index (χ2v) is 8.28. The molecule has 174 valence electrons. The molecule has 0 unspecified atom stereocenters. The van der Waals surface area contributed by atoms with E-state index in [-0.39, 0.29) is 0 Å². The summed E-state index contributed by atoms with van der Waals surface area (Å²) >= 11 is 0. The molecule has 2 N–H and O–H groups in total. The zero-order chi connectivity index (χ0) is 22.7. The average Bonchev–Trinajstić information content (AvgIpc) is 3.36. The van der Waals surface area contributed by atoms with E-state index in [0.717, 1.165) is 75.2 Å². The number of imidazole rings is 1. The molecule has 10 heteroatoms. The molecule has 34 heavy (non-hydrogen) atoms. The van der Waals surface area contributed by atoms with Gasteiger partial charge in [-0.3, -0.25) is 0 Å². The van der Waals surface area contributed by atoms with E-state index in [1.807, 2.05) is 18.3 Å². The molecule has 0 radical (unpaired) electrons. The minimum Gasteiger partial charge on any atom is -0.378 e. The zero-order valence-electron chi connectivity index (χ0n) is 18.8. The first-order valence-corrected chi connectivity index (χ1v) is 11.5. The molecule has 0 saturated carbocycles. The van der Waals surface area contributed by atoms with Gasteiger partial charge in [0, 0.05) is 49.3 Å². The fourth-order valence-electron chi connectivity index (χ4n) is 4.28. The second-order valence-electron chi connectivity index (χ2n) is 8.28. The number of aromatic nitrogens is 5. The van der Waals surface area contributed by atoms with E-state index in [1.165, 1.54) is 12.0 Å². The van der Waals surface area contributed by atoms with Gasteiger partial charge in [0.25, 0.3) is 0 Å². The molecule has 0 atom stereocenters. The molecule has 0 spiro atoms. The van der Waals surface area contributed by atoms with Crippen LogP contribution in [0, 0.1) is 0 Å². The normalized spacial score (nSPS) is 16.7. The SMILES string of the molecule is c1nc(Nc2ccc(N3CCOCC3)cc2)c2[nH]c(-c3ccc(N4CCOCC4)nc3)nc2n1. The predicted molar refractivity (Wildman–Crippen MR) is 131 cm³/mol. The van der Waals surface area contributed by atoms with Gasteiger partial charge in [-0.15, -0.1) is 0 Å². The highest BCUT2D eigenvalue weighted by molar-refractivity contribution is 5.87. The van der Waals surface area contributed by atoms with Crippen LogP contribution in [0.5, 0.6) is 0 Å². The maximum Gasteiger partial charge on any atom is 0.183 e. The first-order chi connectivity index (χ1) is 16.8. The molecule has 1 aromatic carbocycles. The summed E-state index contributed by atoms with van der Waals surface area (Å²) in [4.78, 5) is 26.0. The monoisotopic (exact) mass is 458 g/mol. The van der Waals surface area contributed by atoms with Crippen molar-refractivity contribution >= 4 is 34.2 Å². The van der Waals surface area contributed by atoms with E-state index in [0.29, 0.717) is 17.3 Å². The topological polar surface area (TPSA) is 104 Å². The predicted octanol–water partition coefficient (Wildman–Crippen LogP) is 2.83. The lowest BCUT2D eigenvalue weighted by Gasteiger charge is -2.28. The van der Waals surface area contributed by atoms with Crippen LogP contribution < -0.4 is 15.1 Å². The van der Waals surface area contributed by atoms with Gasteiger partial charge in [-0.25, -0.2) is 19.9 Å². The Morgan fingerprint density at radius 3 is 2.24 bits per heavy atom. The van der Waals surface area contributed by atoms with Crippen molar-refractivity contribution in [2.45, 2.75) is 0 Å². The number of ether oxygens (including phenoxy) is 2. The maximum atomic E-state index is 5.44. The molecule has 0 bridgehead atoms. The van der Waals surface area contributed by atoms with Crippen LogP contribution in [-0.2, 0) is 9.47 Å². The van der Waals surface area contributed by atoms with Crippen LogP contribution in [0.15, 0.2) is 48.9 Å². The van der Waals surface area contributed by atoms with Crippen molar-refractivity contribution < 1.29 is 9.47 Å². The molecule has 6 rings (SSSR count). The van der Waals surface area contributed by atoms with Gasteiger partial charge in [0.1, 0.15) is 23.5 Å². The molecule has 5 heterocycles. The van der Waals surface area contributed by atoms with Crippen molar-refractivity contribution in [1.29, 1.82) is 0 Å². The molecule has 2 aliphatic rings. The minimum atomic E-state index is 0.606. The highest BCUT2D eigenvalue weighted by Crippen LogP contribution is 2.27. The lowest BCUT2D eigenvalue weighted by molar-refractivity contribution is 0.122. The first-order valence-electron chi connectivity index (χ1n) is 11.5. The average molecular weight is 459 g/mol. The van der Waals surface area contributed by atoms with Gasteiger partial charge in [-0.05, 0) is 36.4 Å². The Bertz CT molecular complexity index is 1250. The first kappa shape index (κ1) is 20.8. The van der Waals surface area contributed by atoms with Crippen molar-refractivity contribution in [2.75, 3.05) is 67.7 Å². The number of hydrogen-bond donors (Lipinski definition) is 2. The number of hydrogen-bond acceptors (Lipinski definition) is 9. The summed E-state index contributed by atoms with van der Waals surface area (Å²) in [7, 11) is 0. The minimum absolute atomic E-state index is 0.606. The van der Waals surface area contributed by atoms with Crippen LogP contribution >= 0.6 is 0 Å². The second kappa shape index (κ2) is 9.24. The summed E-state index contributed by atoms with van der Waals surface area (Å²) in [6, 6.07) is 12.4. The number of benzene rings is 1. The lowest BCUT2D eigenvalue weighted by Crippen LogP contribution is -2.36. The molecule has 4 aromatic rings. The lowest BCUT2D eigenvalue weighted by atomic mass is 10.2. The zero-order valence-corrected chi connectivity index (χ0v) is 18.8. The number of nitrogens with zero attached hydrogens (tertiary/aromatic N) is 6. The van der Waals surface area contributed by atoms with Gasteiger partial charge in [-0.1, -0.05) is 0 Å². The maximum absolute atomic E-state index is 5.44. The largest absolute Gasteiger partial charge is 0.378 e. The molecule has 0 amide bonds. The summed E-state index contributed by atoms with van der Waals surface area (Å²) in [5, 5.41) is 3.39. The number of morpholine rings is 2. The van der Waals surface area contributed by atoms with Gasteiger partial charge < -0.3 is 29.6 Å². The number of fused-ring (bicyclic) bond motifs is 1. The molecular weight excluding hydrogens is 432 g/mol. The van der Waals surface area contributed by atoms with Crippen LogP contribution in [0.25, 0.3) is 22.6 Å². The summed E-state index contributed by atoms with van der Waals surface area (Å²) in [5.74, 6) is 2.34. The third-order valence-corrected chi connectivity index (χ3v) is 6.15. The van der Waals surface area contributed by atoms with Crippen molar-refractivity contribution in [3.05, 3.63) is 48.9 Å². The van der Waals surface area contributed by atoms with Crippen LogP contribution in [0.2, 0.25) is 0 Å². The Kier molecular flexibility index (Phi) is 5.66. The Labute approximate surface area is 197 Å². The van der Waals surface area contributed by atoms with Crippen LogP contribution in [0.4, 0.5) is 23.0 Å². The van der Waals surface area contributed by atoms with E-state index in [4.69, 9.17) is 9.47 Å². The third-order valence-electron chi connectivity index (χ3n) is 6.15. The molecule has 2 fully saturated rings. The number of rotatable bonds is 5. The highest BCUT2D eigenvalue weighted by Gasteiger charge is 2.15. The molecular formula is C24H26N8O2. The molecule has 2 aliphatic heterocycles. The van der Waals surface area contributed by atoms with Crippen LogP contribution in [0.3, 0.4) is 0 Å². The van der Waals surface area contributed by atoms with Gasteiger partial charge in [0.05, 0.1) is 26.4 Å². The Morgan fingerprint density at radius 2 is 1.53 bits per heavy atom. The smallest absolute Gasteiger partial charge is 0.183 e. The number of aromatic amines is 1. The fraction of sp³-hybridized carbons (Fsp3) is 0.333. The quantitative estimate of drug-likeness (QED) is 0.467. The Hall–Kier alpha value is -3.76. The number of pyridine rings is 1. The van der Waals surface area contributed by atoms with Gasteiger partial charge in [-0.2, -0.15) is 0 Å². The Balaban J connectivity index is 1.21. The van der Waals surface area contributed by atoms with Crippen molar-refractivity contribution in [2.24, 2.45) is 0 Å². The number of nitrogens with one attached hydrogen (secondary N) is 2. The van der Waals surface area contributed by atoms with Crippen LogP contribution in [0.1, 0.15) is 0 Å². The summed E-state index contributed by atoms with van der Waals surface area (Å²) in [6.07, 6.45) is 3.37. The fourth-order valence-corrected chi connectivity index (χ4v) is 4.28. The number of H-pyrrole nitrogens is 1. The summed E-state index contributed by atoms with van der Waals surface area (Å²) in [5.41, 5.74) is 4.40. The number of anilines is 4. The third kappa shape index (κ3) is 4.25. The summed E-state index contributed by atoms with van der Waals surface area (Å²) in [6.45, 7) is 6.55. The molecule has 0 aliphatic carbocycles. The summed E-state index contributed by atoms with van der Waals surface area (Å²) < 4.78 is 10.9. The highest BCUT2D eigenvalue weighted by atomic mass is 16.5. The van der Waals surface area contributed by atoms with Crippen molar-refractivity contribution in [3.63, 3.8) is 0 Å². The standard InChI is InChI=1S/C24H26N8O2/c1-6-20(32-9-13-34-14-10-32)25-15-17(1)22-29-21-23(26-16-27-24(21)30-22)28-18-2-4-19(5-3-18)31-7-11-33-12-8-31/h1-6,15-16H,7-14H2,(H2,26,27,28,29,30). The van der Waals surface area contributed by atoms with Crippen molar-refractivity contribution in [3.8, 4) is 11.4 Å². The van der Waals surface area contributed by atoms with E-state index in [1.54, 1.807) is 0 Å². The van der Waals surface area contributed by atoms with E-state index in [9.17, 15) is 0 Å². The van der Waals surface area contributed by atoms with Crippen LogP contribution in [-0.4, -0.2) is 77.5 Å². The molecule has 3 aromatic heterocycles. The van der Waals surface area contributed by atoms with Gasteiger partial charge in [0.15, 0.2) is 11.5 Å². The molecule has 2 saturated heterocycles. The Morgan fingerprint density at radius 1 is 0.794 bits per heavy atom. The van der Waals surface area contributed by atoms with E-state index in [2.05, 4.69) is 64.3 Å². The van der Waals surface area contributed by atoms with Gasteiger partial charge >= 0.3 is 0 Å². The van der Waals surface area contributed by atoms with Gasteiger partial charge in [0.2, 0.25) is 0 Å².